The summed E-state index contributed by atoms with van der Waals surface area (Å²) in [6, 6.07) is -0.672. The maximum Gasteiger partial charge on any atom is 0.305 e. The van der Waals surface area contributed by atoms with E-state index in [1.165, 1.54) is 212 Å². The molecule has 0 radical (unpaired) electrons. The van der Waals surface area contributed by atoms with E-state index in [0.29, 0.717) is 25.9 Å². The lowest BCUT2D eigenvalue weighted by molar-refractivity contribution is -0.143. The highest BCUT2D eigenvalue weighted by molar-refractivity contribution is 5.76. The number of carbonyl (C=O) groups excluding carboxylic acids is 2. The van der Waals surface area contributed by atoms with Crippen molar-refractivity contribution < 1.29 is 24.5 Å². The second-order valence-electron chi connectivity index (χ2n) is 19.3. The molecular weight excluding hydrogens is 791 g/mol. The molecule has 64 heavy (non-hydrogen) atoms. The van der Waals surface area contributed by atoms with Gasteiger partial charge in [0.2, 0.25) is 5.91 Å². The number of hydrogen-bond donors (Lipinski definition) is 3. The van der Waals surface area contributed by atoms with E-state index >= 15 is 0 Å². The Bertz CT molecular complexity index is 1040. The van der Waals surface area contributed by atoms with Crippen molar-refractivity contribution in [3.63, 3.8) is 0 Å². The van der Waals surface area contributed by atoms with E-state index in [4.69, 9.17) is 4.74 Å². The lowest BCUT2D eigenvalue weighted by Gasteiger charge is -2.19. The molecule has 0 aromatic rings. The van der Waals surface area contributed by atoms with E-state index in [0.717, 1.165) is 51.4 Å². The SMILES string of the molecule is CCCCCCCCCCCCCCCCCCCCCC/C=C/C(O)C(CO)NC(=O)CC/C=C\C/C=C\CCCCCCCCOC(=O)CCCCCCCCCCCCCC. The fourth-order valence-corrected chi connectivity index (χ4v) is 8.57. The molecule has 0 saturated heterocycles. The molecule has 0 aromatic carbocycles. The topological polar surface area (TPSA) is 95.9 Å². The van der Waals surface area contributed by atoms with Crippen LogP contribution in [0.3, 0.4) is 0 Å². The smallest absolute Gasteiger partial charge is 0.305 e. The van der Waals surface area contributed by atoms with Gasteiger partial charge >= 0.3 is 5.97 Å². The number of amides is 1. The van der Waals surface area contributed by atoms with Crippen LogP contribution in [0.15, 0.2) is 36.5 Å². The van der Waals surface area contributed by atoms with Gasteiger partial charge in [0.05, 0.1) is 25.4 Å². The summed E-state index contributed by atoms with van der Waals surface area (Å²) in [6.45, 7) is 4.85. The van der Waals surface area contributed by atoms with Crippen LogP contribution < -0.4 is 5.32 Å². The van der Waals surface area contributed by atoms with Gasteiger partial charge in [-0.2, -0.15) is 0 Å². The molecule has 6 nitrogen and oxygen atoms in total. The molecule has 0 fully saturated rings. The van der Waals surface area contributed by atoms with E-state index in [1.807, 2.05) is 12.2 Å². The molecule has 2 atom stereocenters. The van der Waals surface area contributed by atoms with E-state index in [-0.39, 0.29) is 18.5 Å². The summed E-state index contributed by atoms with van der Waals surface area (Å²) in [7, 11) is 0. The zero-order valence-electron chi connectivity index (χ0n) is 42.8. The van der Waals surface area contributed by atoms with Crippen molar-refractivity contribution in [2.75, 3.05) is 13.2 Å². The minimum atomic E-state index is -0.880. The maximum absolute atomic E-state index is 12.4. The molecule has 1 amide bonds. The summed E-state index contributed by atoms with van der Waals surface area (Å²) < 4.78 is 5.44. The number of hydrogen-bond acceptors (Lipinski definition) is 5. The monoisotopic (exact) mass is 900 g/mol. The molecule has 0 saturated carbocycles. The molecule has 0 heterocycles. The summed E-state index contributed by atoms with van der Waals surface area (Å²) in [5, 5.41) is 23.1. The third-order valence-corrected chi connectivity index (χ3v) is 12.9. The Morgan fingerprint density at radius 1 is 0.438 bits per heavy atom. The average molecular weight is 901 g/mol. The zero-order chi connectivity index (χ0) is 46.5. The molecule has 376 valence electrons. The minimum Gasteiger partial charge on any atom is -0.466 e. The van der Waals surface area contributed by atoms with E-state index in [2.05, 4.69) is 37.4 Å². The number of aliphatic hydroxyl groups excluding tert-OH is 2. The van der Waals surface area contributed by atoms with Crippen LogP contribution in [0.1, 0.15) is 296 Å². The van der Waals surface area contributed by atoms with Crippen molar-refractivity contribution in [1.82, 2.24) is 5.32 Å². The fraction of sp³-hybridized carbons (Fsp3) is 0.862. The standard InChI is InChI=1S/C58H109NO5/c1-3-5-7-9-11-13-15-17-18-19-20-21-22-23-24-25-27-30-34-38-42-46-50-56(61)55(54-60)59-57(62)51-47-43-39-35-31-28-26-29-33-37-41-45-49-53-64-58(63)52-48-44-40-36-32-16-14-12-10-8-6-4-2/h28,31,39,43,46,50,55-56,60-61H,3-27,29-30,32-38,40-42,44-45,47-49,51-54H2,1-2H3,(H,59,62)/b31-28-,43-39-,50-46+. The molecule has 0 rings (SSSR count). The van der Waals surface area contributed by atoms with Gasteiger partial charge in [-0.15, -0.1) is 0 Å². The lowest BCUT2D eigenvalue weighted by atomic mass is 10.0. The number of aliphatic hydroxyl groups is 2. The van der Waals surface area contributed by atoms with Crippen molar-refractivity contribution >= 4 is 11.9 Å². The Hall–Kier alpha value is -1.92. The highest BCUT2D eigenvalue weighted by Crippen LogP contribution is 2.17. The van der Waals surface area contributed by atoms with Gasteiger partial charge in [0.1, 0.15) is 0 Å². The Morgan fingerprint density at radius 3 is 1.22 bits per heavy atom. The van der Waals surface area contributed by atoms with E-state index < -0.39 is 12.1 Å². The van der Waals surface area contributed by atoms with Crippen molar-refractivity contribution in [3.8, 4) is 0 Å². The highest BCUT2D eigenvalue weighted by Gasteiger charge is 2.17. The number of nitrogens with one attached hydrogen (secondary N) is 1. The average Bonchev–Trinajstić information content (AvgIpc) is 3.29. The van der Waals surface area contributed by atoms with Crippen LogP contribution in [0.2, 0.25) is 0 Å². The Labute approximate surface area is 398 Å². The molecule has 3 N–H and O–H groups in total. The number of allylic oxidation sites excluding steroid dienone is 5. The van der Waals surface area contributed by atoms with Crippen molar-refractivity contribution in [1.29, 1.82) is 0 Å². The summed E-state index contributed by atoms with van der Waals surface area (Å²) in [6.07, 6.45) is 66.0. The van der Waals surface area contributed by atoms with Gasteiger partial charge < -0.3 is 20.3 Å². The fourth-order valence-electron chi connectivity index (χ4n) is 8.57. The van der Waals surface area contributed by atoms with Crippen molar-refractivity contribution in [2.45, 2.75) is 309 Å². The number of rotatable bonds is 52. The number of ether oxygens (including phenoxy) is 1. The van der Waals surface area contributed by atoms with Crippen LogP contribution in [0, 0.1) is 0 Å². The van der Waals surface area contributed by atoms with Crippen LogP contribution >= 0.6 is 0 Å². The van der Waals surface area contributed by atoms with Gasteiger partial charge in [-0.25, -0.2) is 0 Å². The van der Waals surface area contributed by atoms with Crippen LogP contribution in [0.25, 0.3) is 0 Å². The Balaban J connectivity index is 3.58. The molecule has 6 heteroatoms. The molecule has 0 aliphatic carbocycles. The largest absolute Gasteiger partial charge is 0.466 e. The number of carbonyl (C=O) groups is 2. The molecule has 0 bridgehead atoms. The Morgan fingerprint density at radius 2 is 0.797 bits per heavy atom. The van der Waals surface area contributed by atoms with Crippen LogP contribution in [0.4, 0.5) is 0 Å². The normalized spacial score (nSPS) is 12.9. The summed E-state index contributed by atoms with van der Waals surface area (Å²) in [5.41, 5.74) is 0. The van der Waals surface area contributed by atoms with Gasteiger partial charge in [0.15, 0.2) is 0 Å². The Kier molecular flexibility index (Phi) is 52.1. The summed E-state index contributed by atoms with van der Waals surface area (Å²) in [4.78, 5) is 24.4. The molecule has 0 aromatic heterocycles. The molecular formula is C58H109NO5. The first-order valence-corrected chi connectivity index (χ1v) is 28.3. The van der Waals surface area contributed by atoms with E-state index in [1.54, 1.807) is 6.08 Å². The second kappa shape index (κ2) is 53.7. The van der Waals surface area contributed by atoms with Gasteiger partial charge in [-0.3, -0.25) is 9.59 Å². The quantitative estimate of drug-likeness (QED) is 0.0321. The highest BCUT2D eigenvalue weighted by atomic mass is 16.5. The molecule has 0 aliphatic heterocycles. The van der Waals surface area contributed by atoms with Gasteiger partial charge in [-0.1, -0.05) is 269 Å². The number of esters is 1. The van der Waals surface area contributed by atoms with Crippen molar-refractivity contribution in [2.24, 2.45) is 0 Å². The third kappa shape index (κ3) is 49.5. The van der Waals surface area contributed by atoms with Crippen LogP contribution in [-0.4, -0.2) is 47.4 Å². The van der Waals surface area contributed by atoms with Gasteiger partial charge in [0, 0.05) is 12.8 Å². The molecule has 2 unspecified atom stereocenters. The predicted molar refractivity (Wildman–Crippen MR) is 278 cm³/mol. The third-order valence-electron chi connectivity index (χ3n) is 12.9. The summed E-state index contributed by atoms with van der Waals surface area (Å²) >= 11 is 0. The van der Waals surface area contributed by atoms with Gasteiger partial charge in [0.25, 0.3) is 0 Å². The minimum absolute atomic E-state index is 0.0177. The first-order chi connectivity index (χ1) is 31.5. The van der Waals surface area contributed by atoms with Crippen molar-refractivity contribution in [3.05, 3.63) is 36.5 Å². The maximum atomic E-state index is 12.4. The second-order valence-corrected chi connectivity index (χ2v) is 19.3. The molecule has 0 aliphatic rings. The first-order valence-electron chi connectivity index (χ1n) is 28.3. The molecule has 0 spiro atoms. The first kappa shape index (κ1) is 62.1. The summed E-state index contributed by atoms with van der Waals surface area (Å²) in [5.74, 6) is -0.164. The van der Waals surface area contributed by atoms with E-state index in [9.17, 15) is 19.8 Å². The van der Waals surface area contributed by atoms with Crippen LogP contribution in [0.5, 0.6) is 0 Å². The predicted octanol–water partition coefficient (Wildman–Crippen LogP) is 17.2. The number of unbranched alkanes of at least 4 members (excludes halogenated alkanes) is 37. The van der Waals surface area contributed by atoms with Gasteiger partial charge in [-0.05, 0) is 51.4 Å². The zero-order valence-corrected chi connectivity index (χ0v) is 42.8. The van der Waals surface area contributed by atoms with Crippen LogP contribution in [-0.2, 0) is 14.3 Å². The lowest BCUT2D eigenvalue weighted by Crippen LogP contribution is -2.45.